The van der Waals surface area contributed by atoms with Gasteiger partial charge in [-0.1, -0.05) is 41.0 Å². The van der Waals surface area contributed by atoms with Crippen molar-refractivity contribution in [2.45, 2.75) is 65.2 Å². The van der Waals surface area contributed by atoms with Crippen LogP contribution in [0.4, 0.5) is 0 Å². The maximum Gasteiger partial charge on any atom is 0.0227 e. The topological polar surface area (TPSA) is 12.0 Å². The Morgan fingerprint density at radius 1 is 1.24 bits per heavy atom. The number of hydrogen-bond donors (Lipinski definition) is 1. The molecule has 1 fully saturated rings. The van der Waals surface area contributed by atoms with E-state index in [0.717, 1.165) is 35.6 Å². The minimum atomic E-state index is 0.743. The molecule has 5 atom stereocenters. The Bertz CT molecular complexity index is 207. The molecule has 2 heteroatoms. The number of nitrogens with one attached hydrogen (secondary N) is 1. The molecule has 0 bridgehead atoms. The molecule has 1 nitrogen and oxygen atoms in total. The van der Waals surface area contributed by atoms with E-state index in [9.17, 15) is 0 Å². The average molecular weight is 257 g/mol. The summed E-state index contributed by atoms with van der Waals surface area (Å²) in [6, 6.07) is 0.743. The van der Waals surface area contributed by atoms with E-state index < -0.39 is 0 Å². The summed E-state index contributed by atoms with van der Waals surface area (Å²) in [5.41, 5.74) is 0. The summed E-state index contributed by atoms with van der Waals surface area (Å²) in [5.74, 6) is 3.97. The Hall–Kier alpha value is 0.310. The van der Waals surface area contributed by atoms with Gasteiger partial charge in [-0.05, 0) is 42.9 Å². The monoisotopic (exact) mass is 257 g/mol. The van der Waals surface area contributed by atoms with Crippen LogP contribution in [0.2, 0.25) is 0 Å². The van der Waals surface area contributed by atoms with Gasteiger partial charge >= 0.3 is 0 Å². The van der Waals surface area contributed by atoms with Gasteiger partial charge in [0.2, 0.25) is 0 Å². The van der Waals surface area contributed by atoms with Gasteiger partial charge in [0, 0.05) is 11.3 Å². The summed E-state index contributed by atoms with van der Waals surface area (Å²) < 4.78 is 0. The lowest BCUT2D eigenvalue weighted by atomic mass is 9.80. The van der Waals surface area contributed by atoms with Crippen LogP contribution in [-0.2, 0) is 0 Å². The summed E-state index contributed by atoms with van der Waals surface area (Å²) in [6.07, 6.45) is 4.10. The fraction of sp³-hybridized carbons (Fsp3) is 1.00. The van der Waals surface area contributed by atoms with Crippen LogP contribution >= 0.6 is 11.8 Å². The Labute approximate surface area is 113 Å². The fourth-order valence-electron chi connectivity index (χ4n) is 2.96. The van der Waals surface area contributed by atoms with Crippen molar-refractivity contribution in [1.29, 1.82) is 0 Å². The van der Waals surface area contributed by atoms with E-state index >= 15 is 0 Å². The highest BCUT2D eigenvalue weighted by molar-refractivity contribution is 8.00. The summed E-state index contributed by atoms with van der Waals surface area (Å²) in [6.45, 7) is 12.9. The molecule has 1 N–H and O–H groups in total. The zero-order valence-corrected chi connectivity index (χ0v) is 13.1. The second-order valence-electron chi connectivity index (χ2n) is 6.03. The SMILES string of the molecule is CCNC1CC(C)CC(C)C1SCC(C)CC. The van der Waals surface area contributed by atoms with Crippen LogP contribution in [0.5, 0.6) is 0 Å². The average Bonchev–Trinajstić information content (AvgIpc) is 2.27. The first kappa shape index (κ1) is 15.4. The molecule has 0 spiro atoms. The number of thioether (sulfide) groups is 1. The van der Waals surface area contributed by atoms with Crippen molar-refractivity contribution in [2.75, 3.05) is 12.3 Å². The molecule has 17 heavy (non-hydrogen) atoms. The van der Waals surface area contributed by atoms with Gasteiger partial charge in [0.25, 0.3) is 0 Å². The lowest BCUT2D eigenvalue weighted by molar-refractivity contribution is 0.251. The summed E-state index contributed by atoms with van der Waals surface area (Å²) in [5, 5.41) is 4.55. The zero-order valence-electron chi connectivity index (χ0n) is 12.3. The fourth-order valence-corrected chi connectivity index (χ4v) is 4.63. The summed E-state index contributed by atoms with van der Waals surface area (Å²) >= 11 is 2.23. The molecule has 1 saturated carbocycles. The second-order valence-corrected chi connectivity index (χ2v) is 7.24. The molecule has 102 valence electrons. The lowest BCUT2D eigenvalue weighted by Crippen LogP contribution is -2.46. The van der Waals surface area contributed by atoms with Gasteiger partial charge in [-0.2, -0.15) is 11.8 Å². The Morgan fingerprint density at radius 2 is 1.94 bits per heavy atom. The number of hydrogen-bond acceptors (Lipinski definition) is 2. The normalized spacial score (nSPS) is 35.8. The van der Waals surface area contributed by atoms with Crippen LogP contribution in [0.25, 0.3) is 0 Å². The van der Waals surface area contributed by atoms with Gasteiger partial charge in [0.05, 0.1) is 0 Å². The van der Waals surface area contributed by atoms with Crippen molar-refractivity contribution in [3.63, 3.8) is 0 Å². The quantitative estimate of drug-likeness (QED) is 0.766. The molecule has 1 aliphatic rings. The van der Waals surface area contributed by atoms with Crippen LogP contribution in [0.15, 0.2) is 0 Å². The Kier molecular flexibility index (Phi) is 6.94. The maximum absolute atomic E-state index is 3.72. The van der Waals surface area contributed by atoms with Crippen molar-refractivity contribution in [2.24, 2.45) is 17.8 Å². The predicted molar refractivity (Wildman–Crippen MR) is 80.7 cm³/mol. The third-order valence-corrected chi connectivity index (χ3v) is 6.06. The highest BCUT2D eigenvalue weighted by atomic mass is 32.2. The van der Waals surface area contributed by atoms with Crippen LogP contribution in [0.3, 0.4) is 0 Å². The van der Waals surface area contributed by atoms with Crippen LogP contribution in [0, 0.1) is 17.8 Å². The van der Waals surface area contributed by atoms with Crippen molar-refractivity contribution < 1.29 is 0 Å². The van der Waals surface area contributed by atoms with Gasteiger partial charge in [-0.3, -0.25) is 0 Å². The van der Waals surface area contributed by atoms with E-state index in [0.29, 0.717) is 0 Å². The molecule has 0 saturated heterocycles. The molecule has 0 radical (unpaired) electrons. The molecular weight excluding hydrogens is 226 g/mol. The minimum Gasteiger partial charge on any atom is -0.313 e. The molecular formula is C15H31NS. The molecule has 0 aromatic rings. The first-order valence-electron chi connectivity index (χ1n) is 7.43. The smallest absolute Gasteiger partial charge is 0.0227 e. The van der Waals surface area contributed by atoms with Gasteiger partial charge in [0.1, 0.15) is 0 Å². The molecule has 0 aliphatic heterocycles. The van der Waals surface area contributed by atoms with Crippen molar-refractivity contribution >= 4 is 11.8 Å². The molecule has 5 unspecified atom stereocenters. The largest absolute Gasteiger partial charge is 0.313 e. The van der Waals surface area contributed by atoms with E-state index in [1.807, 2.05) is 0 Å². The highest BCUT2D eigenvalue weighted by Crippen LogP contribution is 2.37. The van der Waals surface area contributed by atoms with Crippen LogP contribution in [-0.4, -0.2) is 23.6 Å². The Morgan fingerprint density at radius 3 is 2.53 bits per heavy atom. The standard InChI is InChI=1S/C15H31NS/c1-6-11(3)10-17-15-13(5)8-12(4)9-14(15)16-7-2/h11-16H,6-10H2,1-5H3. The molecule has 0 aromatic carbocycles. The van der Waals surface area contributed by atoms with E-state index in [1.54, 1.807) is 0 Å². The molecule has 1 aliphatic carbocycles. The lowest BCUT2D eigenvalue weighted by Gasteiger charge is -2.40. The molecule has 0 amide bonds. The van der Waals surface area contributed by atoms with E-state index in [1.165, 1.54) is 25.0 Å². The number of rotatable bonds is 6. The van der Waals surface area contributed by atoms with E-state index in [2.05, 4.69) is 51.7 Å². The first-order chi connectivity index (χ1) is 8.08. The first-order valence-corrected chi connectivity index (χ1v) is 8.48. The minimum absolute atomic E-state index is 0.743. The predicted octanol–water partition coefficient (Wildman–Crippen LogP) is 4.18. The van der Waals surface area contributed by atoms with Crippen molar-refractivity contribution in [3.8, 4) is 0 Å². The van der Waals surface area contributed by atoms with E-state index in [4.69, 9.17) is 0 Å². The maximum atomic E-state index is 3.72. The zero-order chi connectivity index (χ0) is 12.8. The highest BCUT2D eigenvalue weighted by Gasteiger charge is 2.33. The van der Waals surface area contributed by atoms with Crippen molar-refractivity contribution in [3.05, 3.63) is 0 Å². The van der Waals surface area contributed by atoms with Gasteiger partial charge < -0.3 is 5.32 Å². The molecule has 0 heterocycles. The second kappa shape index (κ2) is 7.68. The summed E-state index contributed by atoms with van der Waals surface area (Å²) in [4.78, 5) is 0. The van der Waals surface area contributed by atoms with E-state index in [-0.39, 0.29) is 0 Å². The van der Waals surface area contributed by atoms with Gasteiger partial charge in [0.15, 0.2) is 0 Å². The molecule has 0 aromatic heterocycles. The summed E-state index contributed by atoms with van der Waals surface area (Å²) in [7, 11) is 0. The van der Waals surface area contributed by atoms with Crippen molar-refractivity contribution in [1.82, 2.24) is 5.32 Å². The third-order valence-electron chi connectivity index (χ3n) is 4.12. The van der Waals surface area contributed by atoms with Gasteiger partial charge in [-0.15, -0.1) is 0 Å². The van der Waals surface area contributed by atoms with Gasteiger partial charge in [-0.25, -0.2) is 0 Å². The van der Waals surface area contributed by atoms with Crippen LogP contribution < -0.4 is 5.32 Å². The molecule has 1 rings (SSSR count). The third kappa shape index (κ3) is 4.82. The Balaban J connectivity index is 2.51. The van der Waals surface area contributed by atoms with Crippen LogP contribution in [0.1, 0.15) is 53.9 Å².